The number of quaternary nitrogens is 1. The van der Waals surface area contributed by atoms with Crippen molar-refractivity contribution in [1.82, 2.24) is 10.2 Å². The van der Waals surface area contributed by atoms with Crippen LogP contribution in [0.5, 0.6) is 0 Å². The van der Waals surface area contributed by atoms with E-state index in [-0.39, 0.29) is 30.4 Å². The van der Waals surface area contributed by atoms with Crippen LogP contribution < -0.4 is 15.1 Å². The first-order valence-electron chi connectivity index (χ1n) is 9.67. The van der Waals surface area contributed by atoms with Crippen molar-refractivity contribution in [2.24, 2.45) is 0 Å². The smallest absolute Gasteiger partial charge is 0.368 e. The van der Waals surface area contributed by atoms with Gasteiger partial charge in [-0.1, -0.05) is 6.07 Å². The third-order valence-corrected chi connectivity index (χ3v) is 4.60. The number of nitrogens with zero attached hydrogens (tertiary/aromatic N) is 2. The quantitative estimate of drug-likeness (QED) is 0.748. The molecule has 0 aliphatic carbocycles. The van der Waals surface area contributed by atoms with Crippen LogP contribution in [0, 0.1) is 0 Å². The predicted molar refractivity (Wildman–Crippen MR) is 105 cm³/mol. The van der Waals surface area contributed by atoms with Gasteiger partial charge in [0.1, 0.15) is 0 Å². The van der Waals surface area contributed by atoms with Crippen LogP contribution in [0.25, 0.3) is 0 Å². The highest BCUT2D eigenvalue weighted by atomic mass is 19.4. The lowest BCUT2D eigenvalue weighted by atomic mass is 10.1. The Labute approximate surface area is 169 Å². The van der Waals surface area contributed by atoms with Crippen molar-refractivity contribution in [1.29, 1.82) is 0 Å². The van der Waals surface area contributed by atoms with Crippen molar-refractivity contribution in [2.45, 2.75) is 32.5 Å². The minimum Gasteiger partial charge on any atom is -0.368 e. The van der Waals surface area contributed by atoms with Gasteiger partial charge in [0.2, 0.25) is 0 Å². The molecule has 1 atom stereocenters. The van der Waals surface area contributed by atoms with Gasteiger partial charge in [0.05, 0.1) is 12.6 Å². The number of nitrogens with one attached hydrogen (secondary N) is 2. The van der Waals surface area contributed by atoms with Crippen molar-refractivity contribution < 1.29 is 27.7 Å². The summed E-state index contributed by atoms with van der Waals surface area (Å²) in [6, 6.07) is 5.25. The second-order valence-electron chi connectivity index (χ2n) is 8.52. The largest absolute Gasteiger partial charge is 0.416 e. The van der Waals surface area contributed by atoms with E-state index >= 15 is 0 Å². The van der Waals surface area contributed by atoms with Crippen LogP contribution in [0.4, 0.5) is 18.9 Å². The Hall–Kier alpha value is -2.29. The zero-order chi connectivity index (χ0) is 21.8. The van der Waals surface area contributed by atoms with Crippen LogP contribution in [0.15, 0.2) is 24.3 Å². The van der Waals surface area contributed by atoms with E-state index in [4.69, 9.17) is 0 Å². The normalized spacial score (nSPS) is 16.5. The maximum absolute atomic E-state index is 12.9. The number of hydrogen-bond donors (Lipinski definition) is 2. The zero-order valence-corrected chi connectivity index (χ0v) is 17.4. The number of carbonyl (C=O) groups is 2. The number of benzene rings is 1. The molecule has 0 aromatic heterocycles. The first-order chi connectivity index (χ1) is 13.3. The Morgan fingerprint density at radius 1 is 1.07 bits per heavy atom. The summed E-state index contributed by atoms with van der Waals surface area (Å²) < 4.78 is 38.7. The van der Waals surface area contributed by atoms with Crippen molar-refractivity contribution >= 4 is 17.5 Å². The highest BCUT2D eigenvalue weighted by Gasteiger charge is 2.31. The standard InChI is InChI=1S/C20H29F3N4O2/c1-19(2,3)24-17(28)13-25(4)14-18(29)27-10-8-26(9-11-27)16-7-5-6-15(12-16)20(21,22)23/h5-7,12H,8-11,13-14H2,1-4H3,(H,24,28)/p+1. The number of likely N-dealkylation sites (N-methyl/N-ethyl adjacent to an activating group) is 1. The Morgan fingerprint density at radius 3 is 2.24 bits per heavy atom. The number of halogens is 3. The third-order valence-electron chi connectivity index (χ3n) is 4.60. The summed E-state index contributed by atoms with van der Waals surface area (Å²) in [5.41, 5.74) is -0.484. The van der Waals surface area contributed by atoms with Crippen molar-refractivity contribution in [2.75, 3.05) is 51.2 Å². The predicted octanol–water partition coefficient (Wildman–Crippen LogP) is 0.783. The number of carbonyl (C=O) groups excluding carboxylic acids is 2. The molecule has 2 N–H and O–H groups in total. The Kier molecular flexibility index (Phi) is 7.15. The molecule has 1 saturated heterocycles. The van der Waals surface area contributed by atoms with Gasteiger partial charge < -0.3 is 20.0 Å². The van der Waals surface area contributed by atoms with Gasteiger partial charge in [-0.3, -0.25) is 9.59 Å². The van der Waals surface area contributed by atoms with E-state index < -0.39 is 11.7 Å². The fraction of sp³-hybridized carbons (Fsp3) is 0.600. The SMILES string of the molecule is C[NH+](CC(=O)NC(C)(C)C)CC(=O)N1CCN(c2cccc(C(F)(F)F)c2)CC1. The van der Waals surface area contributed by atoms with Gasteiger partial charge in [-0.2, -0.15) is 13.2 Å². The summed E-state index contributed by atoms with van der Waals surface area (Å²) in [4.78, 5) is 28.8. The van der Waals surface area contributed by atoms with Crippen LogP contribution in [-0.2, 0) is 15.8 Å². The first-order valence-corrected chi connectivity index (χ1v) is 9.67. The number of hydrogen-bond acceptors (Lipinski definition) is 3. The van der Waals surface area contributed by atoms with Gasteiger partial charge in [-0.15, -0.1) is 0 Å². The average Bonchev–Trinajstić information content (AvgIpc) is 2.59. The molecule has 2 rings (SSSR count). The summed E-state index contributed by atoms with van der Waals surface area (Å²) >= 11 is 0. The van der Waals surface area contributed by atoms with Crippen molar-refractivity contribution in [3.8, 4) is 0 Å². The van der Waals surface area contributed by atoms with Crippen molar-refractivity contribution in [3.63, 3.8) is 0 Å². The van der Waals surface area contributed by atoms with Gasteiger partial charge in [-0.25, -0.2) is 0 Å². The molecular weight excluding hydrogens is 385 g/mol. The number of anilines is 1. The lowest BCUT2D eigenvalue weighted by Crippen LogP contribution is -3.11. The van der Waals surface area contributed by atoms with Gasteiger partial charge in [0, 0.05) is 37.4 Å². The molecule has 1 aromatic rings. The number of amides is 2. The number of rotatable bonds is 5. The lowest BCUT2D eigenvalue weighted by molar-refractivity contribution is -0.863. The molecule has 1 aliphatic heterocycles. The summed E-state index contributed by atoms with van der Waals surface area (Å²) in [6.45, 7) is 7.91. The van der Waals surface area contributed by atoms with Crippen molar-refractivity contribution in [3.05, 3.63) is 29.8 Å². The molecule has 0 radical (unpaired) electrons. The molecule has 162 valence electrons. The molecule has 0 spiro atoms. The second kappa shape index (κ2) is 9.02. The molecule has 0 bridgehead atoms. The highest BCUT2D eigenvalue weighted by Crippen LogP contribution is 2.31. The fourth-order valence-electron chi connectivity index (χ4n) is 3.26. The maximum Gasteiger partial charge on any atom is 0.416 e. The Balaban J connectivity index is 1.84. The molecule has 1 aliphatic rings. The van der Waals surface area contributed by atoms with Gasteiger partial charge in [0.15, 0.2) is 13.1 Å². The van der Waals surface area contributed by atoms with E-state index in [1.54, 1.807) is 18.0 Å². The molecule has 1 fully saturated rings. The summed E-state index contributed by atoms with van der Waals surface area (Å²) in [7, 11) is 1.79. The van der Waals surface area contributed by atoms with E-state index in [0.29, 0.717) is 31.9 Å². The average molecular weight is 415 g/mol. The lowest BCUT2D eigenvalue weighted by Gasteiger charge is -2.36. The van der Waals surface area contributed by atoms with Gasteiger partial charge >= 0.3 is 6.18 Å². The molecule has 0 saturated carbocycles. The van der Waals surface area contributed by atoms with E-state index in [9.17, 15) is 22.8 Å². The van der Waals surface area contributed by atoms with Crippen LogP contribution in [0.2, 0.25) is 0 Å². The molecular formula is C20H30F3N4O2+. The van der Waals surface area contributed by atoms with E-state index in [1.807, 2.05) is 25.7 Å². The second-order valence-corrected chi connectivity index (χ2v) is 8.52. The first kappa shape index (κ1) is 23.0. The van der Waals surface area contributed by atoms with E-state index in [1.165, 1.54) is 6.07 Å². The minimum absolute atomic E-state index is 0.0604. The highest BCUT2D eigenvalue weighted by molar-refractivity contribution is 5.79. The Morgan fingerprint density at radius 2 is 1.69 bits per heavy atom. The van der Waals surface area contributed by atoms with Crippen LogP contribution in [0.1, 0.15) is 26.3 Å². The topological polar surface area (TPSA) is 57.1 Å². The number of piperazine rings is 1. The van der Waals surface area contributed by atoms with Crippen LogP contribution >= 0.6 is 0 Å². The zero-order valence-electron chi connectivity index (χ0n) is 17.4. The molecule has 1 heterocycles. The van der Waals surface area contributed by atoms with Gasteiger partial charge in [0.25, 0.3) is 11.8 Å². The summed E-state index contributed by atoms with van der Waals surface area (Å²) in [6.07, 6.45) is -4.37. The van der Waals surface area contributed by atoms with Gasteiger partial charge in [-0.05, 0) is 39.0 Å². The summed E-state index contributed by atoms with van der Waals surface area (Å²) in [5.74, 6) is -0.174. The molecule has 6 nitrogen and oxygen atoms in total. The number of alkyl halides is 3. The third kappa shape index (κ3) is 7.23. The van der Waals surface area contributed by atoms with E-state index in [0.717, 1.165) is 17.0 Å². The maximum atomic E-state index is 12.9. The molecule has 2 amide bonds. The van der Waals surface area contributed by atoms with Crippen LogP contribution in [-0.4, -0.2) is 68.6 Å². The molecule has 29 heavy (non-hydrogen) atoms. The summed E-state index contributed by atoms with van der Waals surface area (Å²) in [5, 5.41) is 2.87. The molecule has 9 heteroatoms. The fourth-order valence-corrected chi connectivity index (χ4v) is 3.26. The molecule has 1 unspecified atom stereocenters. The van der Waals surface area contributed by atoms with Crippen LogP contribution in [0.3, 0.4) is 0 Å². The Bertz CT molecular complexity index is 723. The molecule has 1 aromatic carbocycles. The van der Waals surface area contributed by atoms with E-state index in [2.05, 4.69) is 5.32 Å². The monoisotopic (exact) mass is 415 g/mol. The minimum atomic E-state index is -4.37.